The van der Waals surface area contributed by atoms with E-state index in [0.717, 1.165) is 55.0 Å². The number of ether oxygens (including phenoxy) is 1. The minimum atomic E-state index is -0.412. The number of benzene rings is 2. The number of amides is 2. The Kier molecular flexibility index (Phi) is 11.8. The number of anilines is 1. The molecule has 0 atom stereocenters. The molecule has 0 saturated carbocycles. The first-order valence-corrected chi connectivity index (χ1v) is 13.0. The summed E-state index contributed by atoms with van der Waals surface area (Å²) in [6.07, 6.45) is 2.47. The average molecular weight is 527 g/mol. The zero-order chi connectivity index (χ0) is 28.3. The van der Waals surface area contributed by atoms with E-state index in [1.165, 1.54) is 17.7 Å². The van der Waals surface area contributed by atoms with Crippen molar-refractivity contribution >= 4 is 23.9 Å². The van der Waals surface area contributed by atoms with Crippen LogP contribution in [0.4, 0.5) is 14.9 Å². The van der Waals surface area contributed by atoms with E-state index in [0.29, 0.717) is 18.9 Å². The fourth-order valence-electron chi connectivity index (χ4n) is 4.13. The molecule has 3 rings (SSSR count). The number of piperidine rings is 1. The largest absolute Gasteiger partial charge is 0.444 e. The molecule has 2 N–H and O–H groups in total. The van der Waals surface area contributed by atoms with Gasteiger partial charge in [0.2, 0.25) is 6.41 Å². The van der Waals surface area contributed by atoms with Crippen molar-refractivity contribution in [2.24, 2.45) is 0 Å². The number of carbonyl (C=O) groups excluding carboxylic acids is 2. The summed E-state index contributed by atoms with van der Waals surface area (Å²) in [4.78, 5) is 25.9. The lowest BCUT2D eigenvalue weighted by molar-refractivity contribution is -0.105. The number of rotatable bonds is 8. The normalized spacial score (nSPS) is 13.7. The summed E-state index contributed by atoms with van der Waals surface area (Å²) in [6.45, 7) is 15.1. The SMILES string of the molecule is C=C(c1ccc(C)c(NC=O)c1)N1CCC(c2ccc(F)cc2)CC1.CNCCN(C)C(=O)OC(C)(C)C. The number of hydrogen-bond acceptors (Lipinski definition) is 5. The van der Waals surface area contributed by atoms with Gasteiger partial charge in [0.1, 0.15) is 11.4 Å². The Balaban J connectivity index is 0.000000332. The van der Waals surface area contributed by atoms with E-state index in [2.05, 4.69) is 22.1 Å². The van der Waals surface area contributed by atoms with Crippen LogP contribution in [-0.2, 0) is 9.53 Å². The van der Waals surface area contributed by atoms with Crippen LogP contribution in [-0.4, -0.2) is 68.2 Å². The number of nitrogens with zero attached hydrogens (tertiary/aromatic N) is 2. The first kappa shape index (κ1) is 30.8. The van der Waals surface area contributed by atoms with Gasteiger partial charge in [-0.05, 0) is 88.4 Å². The van der Waals surface area contributed by atoms with Crippen molar-refractivity contribution < 1.29 is 18.7 Å². The Hall–Kier alpha value is -3.39. The molecular formula is C30H43FN4O3. The summed E-state index contributed by atoms with van der Waals surface area (Å²) in [7, 11) is 3.58. The molecule has 0 aromatic heterocycles. The third-order valence-electron chi connectivity index (χ3n) is 6.41. The lowest BCUT2D eigenvalue weighted by Gasteiger charge is -2.35. The molecule has 2 aromatic rings. The second-order valence-electron chi connectivity index (χ2n) is 10.6. The lowest BCUT2D eigenvalue weighted by atomic mass is 9.89. The number of halogens is 1. The van der Waals surface area contributed by atoms with Crippen molar-refractivity contribution in [1.29, 1.82) is 0 Å². The van der Waals surface area contributed by atoms with E-state index in [-0.39, 0.29) is 11.9 Å². The molecule has 8 heteroatoms. The maximum Gasteiger partial charge on any atom is 0.410 e. The van der Waals surface area contributed by atoms with E-state index in [1.807, 2.05) is 65.1 Å². The summed E-state index contributed by atoms with van der Waals surface area (Å²) >= 11 is 0. The van der Waals surface area contributed by atoms with E-state index in [4.69, 9.17) is 4.74 Å². The van der Waals surface area contributed by atoms with E-state index >= 15 is 0 Å². The van der Waals surface area contributed by atoms with Gasteiger partial charge in [-0.3, -0.25) is 4.79 Å². The second kappa shape index (κ2) is 14.5. The van der Waals surface area contributed by atoms with Crippen molar-refractivity contribution in [3.05, 3.63) is 71.6 Å². The first-order chi connectivity index (χ1) is 17.9. The Morgan fingerprint density at radius 2 is 1.82 bits per heavy atom. The van der Waals surface area contributed by atoms with Gasteiger partial charge in [0.05, 0.1) is 0 Å². The van der Waals surface area contributed by atoms with Crippen LogP contribution in [0.15, 0.2) is 49.0 Å². The van der Waals surface area contributed by atoms with Crippen LogP contribution in [0, 0.1) is 12.7 Å². The van der Waals surface area contributed by atoms with Crippen LogP contribution < -0.4 is 10.6 Å². The highest BCUT2D eigenvalue weighted by molar-refractivity contribution is 5.76. The molecule has 2 aromatic carbocycles. The number of aryl methyl sites for hydroxylation is 1. The van der Waals surface area contributed by atoms with Crippen LogP contribution in [0.3, 0.4) is 0 Å². The molecule has 0 spiro atoms. The van der Waals surface area contributed by atoms with Gasteiger partial charge < -0.3 is 25.2 Å². The topological polar surface area (TPSA) is 73.9 Å². The average Bonchev–Trinajstić information content (AvgIpc) is 2.88. The molecule has 0 aliphatic carbocycles. The molecule has 0 radical (unpaired) electrons. The van der Waals surface area contributed by atoms with Crippen LogP contribution >= 0.6 is 0 Å². The Bertz CT molecular complexity index is 1060. The maximum absolute atomic E-state index is 13.1. The van der Waals surface area contributed by atoms with Gasteiger partial charge >= 0.3 is 6.09 Å². The monoisotopic (exact) mass is 526 g/mol. The number of carbonyl (C=O) groups is 2. The summed E-state index contributed by atoms with van der Waals surface area (Å²) in [5.41, 5.74) is 4.64. The first-order valence-electron chi connectivity index (χ1n) is 13.0. The molecule has 2 amide bonds. The molecule has 1 saturated heterocycles. The predicted octanol–water partition coefficient (Wildman–Crippen LogP) is 5.63. The Morgan fingerprint density at radius 3 is 2.37 bits per heavy atom. The predicted molar refractivity (Wildman–Crippen MR) is 153 cm³/mol. The van der Waals surface area contributed by atoms with Gasteiger partial charge in [-0.1, -0.05) is 30.8 Å². The van der Waals surface area contributed by atoms with Crippen molar-refractivity contribution in [2.45, 2.75) is 52.1 Å². The molecule has 38 heavy (non-hydrogen) atoms. The summed E-state index contributed by atoms with van der Waals surface area (Å²) in [6, 6.07) is 12.9. The molecule has 208 valence electrons. The van der Waals surface area contributed by atoms with Crippen molar-refractivity contribution in [1.82, 2.24) is 15.1 Å². The Morgan fingerprint density at radius 1 is 1.18 bits per heavy atom. The lowest BCUT2D eigenvalue weighted by Crippen LogP contribution is -2.37. The third-order valence-corrected chi connectivity index (χ3v) is 6.41. The molecule has 0 unspecified atom stereocenters. The van der Waals surface area contributed by atoms with Gasteiger partial charge in [-0.15, -0.1) is 0 Å². The van der Waals surface area contributed by atoms with Crippen LogP contribution in [0.5, 0.6) is 0 Å². The maximum atomic E-state index is 13.1. The molecular weight excluding hydrogens is 483 g/mol. The standard InChI is InChI=1S/C21H23FN2O.C9H20N2O2/c1-15-3-4-19(13-21(15)23-14-25)16(2)24-11-9-18(10-12-24)17-5-7-20(22)8-6-17;1-9(2,3)13-8(12)11(5)7-6-10-4/h3-8,13-14,18H,2,9-12H2,1H3,(H,23,25);10H,6-7H2,1-5H3. The van der Waals surface area contributed by atoms with E-state index in [1.54, 1.807) is 11.9 Å². The quantitative estimate of drug-likeness (QED) is 0.437. The molecule has 0 bridgehead atoms. The van der Waals surface area contributed by atoms with Gasteiger partial charge in [0.15, 0.2) is 0 Å². The second-order valence-corrected chi connectivity index (χ2v) is 10.6. The highest BCUT2D eigenvalue weighted by Crippen LogP contribution is 2.32. The number of likely N-dealkylation sites (tertiary alicyclic amines) is 1. The highest BCUT2D eigenvalue weighted by atomic mass is 19.1. The van der Waals surface area contributed by atoms with Crippen LogP contribution in [0.25, 0.3) is 5.70 Å². The number of nitrogens with one attached hydrogen (secondary N) is 2. The minimum Gasteiger partial charge on any atom is -0.444 e. The van der Waals surface area contributed by atoms with Crippen molar-refractivity contribution in [2.75, 3.05) is 45.6 Å². The molecule has 1 aliphatic rings. The molecule has 7 nitrogen and oxygen atoms in total. The van der Waals surface area contributed by atoms with Crippen molar-refractivity contribution in [3.8, 4) is 0 Å². The smallest absolute Gasteiger partial charge is 0.410 e. The van der Waals surface area contributed by atoms with Crippen molar-refractivity contribution in [3.63, 3.8) is 0 Å². The molecule has 1 heterocycles. The Labute approximate surface area is 227 Å². The molecule has 1 aliphatic heterocycles. The zero-order valence-corrected chi connectivity index (χ0v) is 23.6. The van der Waals surface area contributed by atoms with E-state index in [9.17, 15) is 14.0 Å². The zero-order valence-electron chi connectivity index (χ0n) is 23.6. The molecule has 1 fully saturated rings. The van der Waals surface area contributed by atoms with Gasteiger partial charge in [-0.25, -0.2) is 9.18 Å². The summed E-state index contributed by atoms with van der Waals surface area (Å²) in [5.74, 6) is 0.281. The highest BCUT2D eigenvalue weighted by Gasteiger charge is 2.22. The fourth-order valence-corrected chi connectivity index (χ4v) is 4.13. The van der Waals surface area contributed by atoms with Gasteiger partial charge in [0, 0.05) is 44.6 Å². The fraction of sp³-hybridized carbons (Fsp3) is 0.467. The summed E-state index contributed by atoms with van der Waals surface area (Å²) in [5, 5.41) is 5.70. The summed E-state index contributed by atoms with van der Waals surface area (Å²) < 4.78 is 18.2. The minimum absolute atomic E-state index is 0.186. The van der Waals surface area contributed by atoms with E-state index < -0.39 is 5.60 Å². The third kappa shape index (κ3) is 9.82. The number of likely N-dealkylation sites (N-methyl/N-ethyl adjacent to an activating group) is 2. The van der Waals surface area contributed by atoms with Crippen LogP contribution in [0.1, 0.15) is 56.2 Å². The van der Waals surface area contributed by atoms with Crippen LogP contribution in [0.2, 0.25) is 0 Å². The van der Waals surface area contributed by atoms with Gasteiger partial charge in [0.25, 0.3) is 0 Å². The van der Waals surface area contributed by atoms with Gasteiger partial charge in [-0.2, -0.15) is 0 Å². The number of hydrogen-bond donors (Lipinski definition) is 2.